The summed E-state index contributed by atoms with van der Waals surface area (Å²) in [4.78, 5) is 15.3. The van der Waals surface area contributed by atoms with Gasteiger partial charge in [0, 0.05) is 25.7 Å². The molecule has 2 fully saturated rings. The fourth-order valence-electron chi connectivity index (χ4n) is 2.97. The number of nitrogens with zero attached hydrogens (tertiary/aromatic N) is 2. The lowest BCUT2D eigenvalue weighted by molar-refractivity contribution is -0.138. The van der Waals surface area contributed by atoms with E-state index < -0.39 is 5.97 Å². The van der Waals surface area contributed by atoms with Crippen LogP contribution < -0.4 is 0 Å². The first-order valence-electron chi connectivity index (χ1n) is 6.44. The summed E-state index contributed by atoms with van der Waals surface area (Å²) < 4.78 is 0. The average Bonchev–Trinajstić information content (AvgIpc) is 2.66. The Labute approximate surface area is 97.2 Å². The molecule has 0 amide bonds. The highest BCUT2D eigenvalue weighted by Gasteiger charge is 2.24. The maximum atomic E-state index is 10.7. The van der Waals surface area contributed by atoms with Gasteiger partial charge in [0.1, 0.15) is 0 Å². The van der Waals surface area contributed by atoms with Gasteiger partial charge in [0.15, 0.2) is 0 Å². The second-order valence-electron chi connectivity index (χ2n) is 5.00. The summed E-state index contributed by atoms with van der Waals surface area (Å²) >= 11 is 0. The van der Waals surface area contributed by atoms with Crippen LogP contribution in [0.15, 0.2) is 0 Å². The fraction of sp³-hybridized carbons (Fsp3) is 0.917. The summed E-state index contributed by atoms with van der Waals surface area (Å²) in [6, 6.07) is 0.782. The summed E-state index contributed by atoms with van der Waals surface area (Å²) in [5.41, 5.74) is 0. The minimum absolute atomic E-state index is 0.207. The highest BCUT2D eigenvalue weighted by Crippen LogP contribution is 2.24. The normalized spacial score (nSPS) is 25.8. The molecule has 1 heterocycles. The zero-order chi connectivity index (χ0) is 11.4. The molecule has 0 atom stereocenters. The number of carboxylic acids is 1. The van der Waals surface area contributed by atoms with Crippen LogP contribution in [0.3, 0.4) is 0 Å². The highest BCUT2D eigenvalue weighted by atomic mass is 16.4. The molecule has 0 aromatic rings. The highest BCUT2D eigenvalue weighted by molar-refractivity contribution is 5.69. The fourth-order valence-corrected chi connectivity index (χ4v) is 2.97. The first kappa shape index (κ1) is 11.9. The zero-order valence-corrected chi connectivity index (χ0v) is 9.90. The molecular formula is C12H22N2O2. The van der Waals surface area contributed by atoms with Crippen molar-refractivity contribution >= 4 is 5.97 Å². The summed E-state index contributed by atoms with van der Waals surface area (Å²) in [6.45, 7) is 4.27. The van der Waals surface area contributed by atoms with E-state index in [1.54, 1.807) is 0 Å². The van der Waals surface area contributed by atoms with Crippen LogP contribution in [0.1, 0.15) is 32.1 Å². The summed E-state index contributed by atoms with van der Waals surface area (Å²) in [7, 11) is 0. The minimum atomic E-state index is -0.700. The van der Waals surface area contributed by atoms with Gasteiger partial charge >= 0.3 is 5.97 Å². The lowest BCUT2D eigenvalue weighted by atomic mass is 10.2. The molecule has 1 aliphatic carbocycles. The molecule has 4 nitrogen and oxygen atoms in total. The van der Waals surface area contributed by atoms with E-state index in [1.807, 2.05) is 0 Å². The molecule has 0 spiro atoms. The number of hydrogen-bond donors (Lipinski definition) is 1. The van der Waals surface area contributed by atoms with E-state index in [9.17, 15) is 4.79 Å². The van der Waals surface area contributed by atoms with Gasteiger partial charge in [0.05, 0.1) is 6.54 Å². The molecule has 0 aromatic carbocycles. The molecule has 16 heavy (non-hydrogen) atoms. The van der Waals surface area contributed by atoms with Gasteiger partial charge in [-0.05, 0) is 25.8 Å². The van der Waals surface area contributed by atoms with Crippen molar-refractivity contribution in [2.75, 3.05) is 32.7 Å². The van der Waals surface area contributed by atoms with Crippen molar-refractivity contribution in [1.29, 1.82) is 0 Å². The van der Waals surface area contributed by atoms with Gasteiger partial charge in [0.25, 0.3) is 0 Å². The average molecular weight is 226 g/mol. The van der Waals surface area contributed by atoms with E-state index in [-0.39, 0.29) is 6.54 Å². The topological polar surface area (TPSA) is 43.8 Å². The lowest BCUT2D eigenvalue weighted by Crippen LogP contribution is -2.37. The molecule has 0 radical (unpaired) electrons. The quantitative estimate of drug-likeness (QED) is 0.780. The Balaban J connectivity index is 1.80. The van der Waals surface area contributed by atoms with E-state index in [1.165, 1.54) is 25.7 Å². The first-order chi connectivity index (χ1) is 7.75. The molecule has 92 valence electrons. The maximum absolute atomic E-state index is 10.7. The standard InChI is InChI=1S/C12H22N2O2/c15-12(16)10-13-6-3-7-14(9-8-13)11-4-1-2-5-11/h11H,1-10H2,(H,15,16). The van der Waals surface area contributed by atoms with Gasteiger partial charge in [0.2, 0.25) is 0 Å². The molecule has 1 aliphatic heterocycles. The Morgan fingerprint density at radius 3 is 2.50 bits per heavy atom. The van der Waals surface area contributed by atoms with Crippen LogP contribution in [0.2, 0.25) is 0 Å². The van der Waals surface area contributed by atoms with Crippen LogP contribution in [0.4, 0.5) is 0 Å². The molecular weight excluding hydrogens is 204 g/mol. The molecule has 1 saturated carbocycles. The van der Waals surface area contributed by atoms with Crippen LogP contribution >= 0.6 is 0 Å². The van der Waals surface area contributed by atoms with Crippen LogP contribution in [0.5, 0.6) is 0 Å². The lowest BCUT2D eigenvalue weighted by Gasteiger charge is -2.27. The van der Waals surface area contributed by atoms with Gasteiger partial charge in [-0.1, -0.05) is 12.8 Å². The monoisotopic (exact) mass is 226 g/mol. The van der Waals surface area contributed by atoms with Crippen LogP contribution in [0, 0.1) is 0 Å². The molecule has 1 saturated heterocycles. The Bertz CT molecular complexity index is 239. The van der Waals surface area contributed by atoms with Gasteiger partial charge < -0.3 is 5.11 Å². The van der Waals surface area contributed by atoms with E-state index in [2.05, 4.69) is 9.80 Å². The molecule has 1 N–H and O–H groups in total. The maximum Gasteiger partial charge on any atom is 0.317 e. The summed E-state index contributed by atoms with van der Waals surface area (Å²) in [6.07, 6.45) is 6.56. The largest absolute Gasteiger partial charge is 0.480 e. The first-order valence-corrected chi connectivity index (χ1v) is 6.44. The zero-order valence-electron chi connectivity index (χ0n) is 9.90. The third-order valence-corrected chi connectivity index (χ3v) is 3.82. The van der Waals surface area contributed by atoms with E-state index in [4.69, 9.17) is 5.11 Å². The SMILES string of the molecule is O=C(O)CN1CCCN(C2CCCC2)CC1. The van der Waals surface area contributed by atoms with Crippen molar-refractivity contribution in [3.63, 3.8) is 0 Å². The van der Waals surface area contributed by atoms with Gasteiger partial charge in [-0.15, -0.1) is 0 Å². The predicted octanol–water partition coefficient (Wildman–Crippen LogP) is 1.02. The number of rotatable bonds is 3. The number of hydrogen-bond acceptors (Lipinski definition) is 3. The molecule has 2 rings (SSSR count). The predicted molar refractivity (Wildman–Crippen MR) is 62.5 cm³/mol. The van der Waals surface area contributed by atoms with Gasteiger partial charge in [-0.25, -0.2) is 0 Å². The van der Waals surface area contributed by atoms with E-state index in [0.29, 0.717) is 0 Å². The van der Waals surface area contributed by atoms with Crippen LogP contribution in [0.25, 0.3) is 0 Å². The Hall–Kier alpha value is -0.610. The van der Waals surface area contributed by atoms with E-state index in [0.717, 1.165) is 38.6 Å². The smallest absolute Gasteiger partial charge is 0.317 e. The van der Waals surface area contributed by atoms with Crippen molar-refractivity contribution < 1.29 is 9.90 Å². The minimum Gasteiger partial charge on any atom is -0.480 e. The Morgan fingerprint density at radius 1 is 1.06 bits per heavy atom. The van der Waals surface area contributed by atoms with Gasteiger partial charge in [-0.2, -0.15) is 0 Å². The van der Waals surface area contributed by atoms with Crippen molar-refractivity contribution in [3.05, 3.63) is 0 Å². The van der Waals surface area contributed by atoms with Crippen molar-refractivity contribution in [2.24, 2.45) is 0 Å². The second kappa shape index (κ2) is 5.64. The number of aliphatic carboxylic acids is 1. The van der Waals surface area contributed by atoms with Crippen molar-refractivity contribution in [1.82, 2.24) is 9.80 Å². The number of carbonyl (C=O) groups is 1. The van der Waals surface area contributed by atoms with Crippen molar-refractivity contribution in [3.8, 4) is 0 Å². The van der Waals surface area contributed by atoms with Crippen molar-refractivity contribution in [2.45, 2.75) is 38.1 Å². The Morgan fingerprint density at radius 2 is 1.81 bits per heavy atom. The molecule has 4 heteroatoms. The molecule has 2 aliphatic rings. The van der Waals surface area contributed by atoms with Crippen LogP contribution in [-0.2, 0) is 4.79 Å². The third kappa shape index (κ3) is 3.19. The molecule has 0 aromatic heterocycles. The Kier molecular flexibility index (Phi) is 4.18. The molecule has 0 unspecified atom stereocenters. The number of carboxylic acid groups (broad SMARTS) is 1. The summed E-state index contributed by atoms with van der Waals surface area (Å²) in [5.74, 6) is -0.700. The second-order valence-corrected chi connectivity index (χ2v) is 5.00. The van der Waals surface area contributed by atoms with Crippen LogP contribution in [-0.4, -0.2) is 59.6 Å². The third-order valence-electron chi connectivity index (χ3n) is 3.82. The van der Waals surface area contributed by atoms with E-state index >= 15 is 0 Å². The molecule has 0 bridgehead atoms. The summed E-state index contributed by atoms with van der Waals surface area (Å²) in [5, 5.41) is 8.78. The van der Waals surface area contributed by atoms with Gasteiger partial charge in [-0.3, -0.25) is 14.6 Å².